The van der Waals surface area contributed by atoms with Gasteiger partial charge in [-0.15, -0.1) is 0 Å². The van der Waals surface area contributed by atoms with E-state index in [1.807, 2.05) is 0 Å². The quantitative estimate of drug-likeness (QED) is 0.536. The smallest absolute Gasteiger partial charge is 0.335 e. The minimum atomic E-state index is -1.11. The third-order valence-electron chi connectivity index (χ3n) is 4.90. The Balaban J connectivity index is 1.71. The Kier molecular flexibility index (Phi) is 6.37. The predicted octanol–water partition coefficient (Wildman–Crippen LogP) is 0.260. The Morgan fingerprint density at radius 2 is 1.86 bits per heavy atom. The van der Waals surface area contributed by atoms with Crippen LogP contribution in [0.4, 0.5) is 10.5 Å². The van der Waals surface area contributed by atoms with Gasteiger partial charge in [-0.1, -0.05) is 0 Å². The van der Waals surface area contributed by atoms with Crippen molar-refractivity contribution < 1.29 is 19.1 Å². The van der Waals surface area contributed by atoms with Gasteiger partial charge in [-0.25, -0.2) is 9.69 Å². The van der Waals surface area contributed by atoms with Gasteiger partial charge in [-0.3, -0.25) is 24.8 Å². The zero-order valence-electron chi connectivity index (χ0n) is 16.1. The summed E-state index contributed by atoms with van der Waals surface area (Å²) in [6, 6.07) is 5.73. The highest BCUT2D eigenvalue weighted by molar-refractivity contribution is 6.35. The van der Waals surface area contributed by atoms with Gasteiger partial charge < -0.3 is 10.1 Å². The molecule has 9 heteroatoms. The number of rotatable bonds is 6. The number of piperazine rings is 1. The summed E-state index contributed by atoms with van der Waals surface area (Å²) in [6.07, 6.45) is 0. The van der Waals surface area contributed by atoms with Crippen LogP contribution in [0.5, 0.6) is 5.75 Å². The summed E-state index contributed by atoms with van der Waals surface area (Å²) in [5.41, 5.74) is 0.776. The van der Waals surface area contributed by atoms with Crippen LogP contribution in [0.25, 0.3) is 0 Å². The minimum absolute atomic E-state index is 0.370. The lowest BCUT2D eigenvalue weighted by Gasteiger charge is -2.30. The molecule has 1 unspecified atom stereocenters. The average molecular weight is 387 g/mol. The first-order valence-corrected chi connectivity index (χ1v) is 9.28. The van der Waals surface area contributed by atoms with Gasteiger partial charge >= 0.3 is 6.03 Å². The lowest BCUT2D eigenvalue weighted by molar-refractivity contribution is -0.131. The van der Waals surface area contributed by atoms with Gasteiger partial charge in [0.15, 0.2) is 5.92 Å². The first-order chi connectivity index (χ1) is 13.5. The van der Waals surface area contributed by atoms with Crippen LogP contribution in [0.15, 0.2) is 29.3 Å². The van der Waals surface area contributed by atoms with Gasteiger partial charge in [-0.05, 0) is 31.2 Å². The van der Waals surface area contributed by atoms with Crippen molar-refractivity contribution in [2.45, 2.75) is 6.92 Å². The highest BCUT2D eigenvalue weighted by atomic mass is 16.5. The number of anilines is 1. The van der Waals surface area contributed by atoms with Gasteiger partial charge in [0.1, 0.15) is 5.75 Å². The second kappa shape index (κ2) is 8.94. The monoisotopic (exact) mass is 387 g/mol. The first kappa shape index (κ1) is 20.0. The van der Waals surface area contributed by atoms with Crippen LogP contribution in [-0.2, 0) is 9.59 Å². The Morgan fingerprint density at radius 3 is 2.50 bits per heavy atom. The second-order valence-electron chi connectivity index (χ2n) is 6.71. The topological polar surface area (TPSA) is 103 Å². The first-order valence-electron chi connectivity index (χ1n) is 9.28. The van der Waals surface area contributed by atoms with E-state index in [1.54, 1.807) is 31.2 Å². The number of methoxy groups -OCH3 is 1. The molecule has 2 N–H and O–H groups in total. The van der Waals surface area contributed by atoms with E-state index in [9.17, 15) is 14.4 Å². The number of nitrogens with zero attached hydrogens (tertiary/aromatic N) is 3. The number of benzene rings is 1. The van der Waals surface area contributed by atoms with Crippen molar-refractivity contribution in [3.05, 3.63) is 24.3 Å². The summed E-state index contributed by atoms with van der Waals surface area (Å²) in [7, 11) is 1.53. The highest BCUT2D eigenvalue weighted by Crippen LogP contribution is 2.24. The molecule has 28 heavy (non-hydrogen) atoms. The molecule has 2 heterocycles. The van der Waals surface area contributed by atoms with E-state index in [0.717, 1.165) is 37.6 Å². The van der Waals surface area contributed by atoms with Crippen molar-refractivity contribution in [3.8, 4) is 5.75 Å². The summed E-state index contributed by atoms with van der Waals surface area (Å²) >= 11 is 0. The SMILES string of the molecule is COc1ccc(N2C(=O)NC(=O)C(C(C)=NCCN3CCNCC3)C2=O)cc1. The van der Waals surface area contributed by atoms with Crippen LogP contribution >= 0.6 is 0 Å². The number of barbiturate groups is 1. The number of urea groups is 1. The molecule has 1 aromatic carbocycles. The molecule has 1 aromatic rings. The van der Waals surface area contributed by atoms with E-state index >= 15 is 0 Å². The summed E-state index contributed by atoms with van der Waals surface area (Å²) in [5, 5.41) is 5.54. The van der Waals surface area contributed by atoms with Crippen molar-refractivity contribution in [1.29, 1.82) is 0 Å². The summed E-state index contributed by atoms with van der Waals surface area (Å²) in [4.78, 5) is 45.2. The molecule has 0 radical (unpaired) electrons. The van der Waals surface area contributed by atoms with E-state index in [4.69, 9.17) is 4.74 Å². The molecule has 0 aliphatic carbocycles. The van der Waals surface area contributed by atoms with Crippen molar-refractivity contribution in [3.63, 3.8) is 0 Å². The van der Waals surface area contributed by atoms with E-state index < -0.39 is 23.8 Å². The molecule has 2 fully saturated rings. The largest absolute Gasteiger partial charge is 0.497 e. The zero-order chi connectivity index (χ0) is 20.1. The normalized spacial score (nSPS) is 21.6. The van der Waals surface area contributed by atoms with E-state index in [1.165, 1.54) is 7.11 Å². The Morgan fingerprint density at radius 1 is 1.18 bits per heavy atom. The molecule has 2 aliphatic heterocycles. The van der Waals surface area contributed by atoms with E-state index in [0.29, 0.717) is 23.7 Å². The summed E-state index contributed by atoms with van der Waals surface area (Å²) in [5.74, 6) is -1.74. The van der Waals surface area contributed by atoms with Crippen molar-refractivity contribution in [1.82, 2.24) is 15.5 Å². The van der Waals surface area contributed by atoms with Gasteiger partial charge in [-0.2, -0.15) is 0 Å². The molecule has 0 spiro atoms. The maximum absolute atomic E-state index is 12.9. The Labute approximate surface area is 163 Å². The molecular weight excluding hydrogens is 362 g/mol. The number of nitrogens with one attached hydrogen (secondary N) is 2. The number of hydrogen-bond acceptors (Lipinski definition) is 7. The number of carbonyl (C=O) groups excluding carboxylic acids is 3. The van der Waals surface area contributed by atoms with Gasteiger partial charge in [0.25, 0.3) is 5.91 Å². The number of imide groups is 2. The van der Waals surface area contributed by atoms with Crippen molar-refractivity contribution >= 4 is 29.2 Å². The van der Waals surface area contributed by atoms with Crippen molar-refractivity contribution in [2.75, 3.05) is 51.3 Å². The second-order valence-corrected chi connectivity index (χ2v) is 6.71. The van der Waals surface area contributed by atoms with Crippen LogP contribution in [0.2, 0.25) is 0 Å². The Hall–Kier alpha value is -2.78. The average Bonchev–Trinajstić information content (AvgIpc) is 2.69. The molecule has 3 rings (SSSR count). The number of hydrogen-bond donors (Lipinski definition) is 2. The zero-order valence-corrected chi connectivity index (χ0v) is 16.1. The highest BCUT2D eigenvalue weighted by Gasteiger charge is 2.42. The predicted molar refractivity (Wildman–Crippen MR) is 105 cm³/mol. The third kappa shape index (κ3) is 4.37. The standard InChI is InChI=1S/C19H25N5O4/c1-13(21-9-12-23-10-7-20-8-11-23)16-17(25)22-19(27)24(18(16)26)14-3-5-15(28-2)6-4-14/h3-6,16,20H,7-12H2,1-2H3,(H,22,25,27). The number of amides is 4. The lowest BCUT2D eigenvalue weighted by Crippen LogP contribution is -2.60. The lowest BCUT2D eigenvalue weighted by atomic mass is 9.99. The Bertz CT molecular complexity index is 771. The fourth-order valence-corrected chi connectivity index (χ4v) is 3.31. The van der Waals surface area contributed by atoms with Crippen LogP contribution in [0.1, 0.15) is 6.92 Å². The molecule has 0 aromatic heterocycles. The van der Waals surface area contributed by atoms with Crippen LogP contribution in [0, 0.1) is 5.92 Å². The van der Waals surface area contributed by atoms with Gasteiger partial charge in [0, 0.05) is 38.4 Å². The summed E-state index contributed by atoms with van der Waals surface area (Å²) < 4.78 is 5.10. The molecule has 0 bridgehead atoms. The van der Waals surface area contributed by atoms with Crippen LogP contribution in [-0.4, -0.2) is 74.8 Å². The maximum atomic E-state index is 12.9. The van der Waals surface area contributed by atoms with Crippen LogP contribution in [0.3, 0.4) is 0 Å². The number of carbonyl (C=O) groups is 3. The number of aliphatic imine (C=N–C) groups is 1. The third-order valence-corrected chi connectivity index (χ3v) is 4.90. The molecule has 2 saturated heterocycles. The molecule has 1 atom stereocenters. The molecule has 9 nitrogen and oxygen atoms in total. The fraction of sp³-hybridized carbons (Fsp3) is 0.474. The summed E-state index contributed by atoms with van der Waals surface area (Å²) in [6.45, 7) is 6.73. The minimum Gasteiger partial charge on any atom is -0.497 e. The van der Waals surface area contributed by atoms with Gasteiger partial charge in [0.2, 0.25) is 5.91 Å². The van der Waals surface area contributed by atoms with Crippen molar-refractivity contribution in [2.24, 2.45) is 10.9 Å². The maximum Gasteiger partial charge on any atom is 0.335 e. The molecule has 150 valence electrons. The van der Waals surface area contributed by atoms with Gasteiger partial charge in [0.05, 0.1) is 19.3 Å². The number of ether oxygens (including phenoxy) is 1. The molecular formula is C19H25N5O4. The van der Waals surface area contributed by atoms with E-state index in [-0.39, 0.29) is 0 Å². The molecule has 0 saturated carbocycles. The molecule has 4 amide bonds. The van der Waals surface area contributed by atoms with E-state index in [2.05, 4.69) is 20.5 Å². The molecule has 2 aliphatic rings. The fourth-order valence-electron chi connectivity index (χ4n) is 3.31. The van der Waals surface area contributed by atoms with Crippen LogP contribution < -0.4 is 20.3 Å².